The molecule has 4 heteroatoms. The third-order valence-corrected chi connectivity index (χ3v) is 13.5. The molecule has 64 heavy (non-hydrogen) atoms. The van der Waals surface area contributed by atoms with Crippen molar-refractivity contribution >= 4 is 87.2 Å². The number of hydrogen-bond donors (Lipinski definition) is 0. The maximum Gasteiger partial charge on any atom is 0.0562 e. The molecule has 4 heterocycles. The number of aromatic nitrogens is 4. The predicted molar refractivity (Wildman–Crippen MR) is 269 cm³/mol. The summed E-state index contributed by atoms with van der Waals surface area (Å²) in [6.07, 6.45) is 0. The van der Waals surface area contributed by atoms with E-state index in [1.165, 1.54) is 87.4 Å². The Kier molecular flexibility index (Phi) is 7.36. The lowest BCUT2D eigenvalue weighted by molar-refractivity contribution is 1.13. The van der Waals surface area contributed by atoms with Gasteiger partial charge in [-0.2, -0.15) is 0 Å². The third kappa shape index (κ3) is 4.93. The van der Waals surface area contributed by atoms with Crippen LogP contribution in [0, 0.1) is 0 Å². The molecular formula is C60H38N4. The molecule has 0 unspecified atom stereocenters. The first kappa shape index (κ1) is 35.0. The number of fused-ring (bicyclic) bond motifs is 12. The summed E-state index contributed by atoms with van der Waals surface area (Å²) < 4.78 is 9.82. The van der Waals surface area contributed by atoms with Gasteiger partial charge in [0.05, 0.1) is 49.8 Å². The second-order valence-electron chi connectivity index (χ2n) is 16.9. The summed E-state index contributed by atoms with van der Waals surface area (Å²) in [6, 6.07) is 84.6. The van der Waals surface area contributed by atoms with Gasteiger partial charge >= 0.3 is 0 Å². The number of para-hydroxylation sites is 6. The van der Waals surface area contributed by atoms with Crippen LogP contribution in [0.2, 0.25) is 0 Å². The van der Waals surface area contributed by atoms with E-state index < -0.39 is 0 Å². The van der Waals surface area contributed by atoms with Crippen molar-refractivity contribution in [2.24, 2.45) is 0 Å². The van der Waals surface area contributed by atoms with Gasteiger partial charge in [-0.05, 0) is 96.1 Å². The molecular weight excluding hydrogens is 777 g/mol. The Balaban J connectivity index is 1.04. The zero-order chi connectivity index (χ0) is 41.9. The molecule has 0 N–H and O–H groups in total. The van der Waals surface area contributed by atoms with Crippen molar-refractivity contribution in [2.75, 3.05) is 0 Å². The minimum absolute atomic E-state index is 1.11. The molecule has 14 rings (SSSR count). The van der Waals surface area contributed by atoms with Crippen LogP contribution in [0.5, 0.6) is 0 Å². The van der Waals surface area contributed by atoms with Gasteiger partial charge in [0.25, 0.3) is 0 Å². The van der Waals surface area contributed by atoms with E-state index in [0.717, 1.165) is 33.7 Å². The average Bonchev–Trinajstić information content (AvgIpc) is 4.09. The molecule has 0 atom stereocenters. The molecule has 4 aromatic heterocycles. The van der Waals surface area contributed by atoms with Crippen molar-refractivity contribution in [3.05, 3.63) is 231 Å². The Bertz CT molecular complexity index is 4090. The minimum Gasteiger partial charge on any atom is -0.309 e. The first-order valence-electron chi connectivity index (χ1n) is 22.0. The van der Waals surface area contributed by atoms with Crippen molar-refractivity contribution in [3.63, 3.8) is 0 Å². The van der Waals surface area contributed by atoms with E-state index in [4.69, 9.17) is 0 Å². The Hall–Kier alpha value is -8.60. The Morgan fingerprint density at radius 1 is 0.203 bits per heavy atom. The lowest BCUT2D eigenvalue weighted by Crippen LogP contribution is -2.01. The van der Waals surface area contributed by atoms with Crippen molar-refractivity contribution < 1.29 is 0 Å². The summed E-state index contributed by atoms with van der Waals surface area (Å²) in [5.74, 6) is 0. The molecule has 0 bridgehead atoms. The topological polar surface area (TPSA) is 19.7 Å². The van der Waals surface area contributed by atoms with E-state index in [0.29, 0.717) is 0 Å². The molecule has 298 valence electrons. The van der Waals surface area contributed by atoms with Crippen LogP contribution < -0.4 is 0 Å². The molecule has 4 nitrogen and oxygen atoms in total. The first-order chi connectivity index (χ1) is 31.8. The third-order valence-electron chi connectivity index (χ3n) is 13.5. The fourth-order valence-corrected chi connectivity index (χ4v) is 10.9. The highest BCUT2D eigenvalue weighted by molar-refractivity contribution is 6.17. The van der Waals surface area contributed by atoms with E-state index in [1.54, 1.807) is 0 Å². The standard InChI is InChI=1S/C60H38N4/c1-2-17-39(18-3-1)40-35-42(62-53-27-12-8-23-48(53)50-38-41(33-34-57(50)62)61-51-25-10-4-19-44(51)45-20-5-11-26-52(45)61)37-43(36-40)63-56-30-15-9-24-49(56)60-58(63)31-16-32-59(60)64-54-28-13-6-21-46(54)47-22-7-14-29-55(47)64/h1-38H. The van der Waals surface area contributed by atoms with E-state index >= 15 is 0 Å². The molecule has 0 aliphatic rings. The largest absolute Gasteiger partial charge is 0.309 e. The molecule has 0 spiro atoms. The second kappa shape index (κ2) is 13.4. The molecule has 14 aromatic rings. The molecule has 10 aromatic carbocycles. The van der Waals surface area contributed by atoms with Crippen LogP contribution in [0.25, 0.3) is 121 Å². The zero-order valence-electron chi connectivity index (χ0n) is 34.7. The van der Waals surface area contributed by atoms with Crippen LogP contribution in [-0.4, -0.2) is 18.3 Å². The van der Waals surface area contributed by atoms with Crippen molar-refractivity contribution in [1.82, 2.24) is 18.3 Å². The van der Waals surface area contributed by atoms with Gasteiger partial charge in [-0.25, -0.2) is 0 Å². The van der Waals surface area contributed by atoms with Gasteiger partial charge in [0.1, 0.15) is 0 Å². The minimum atomic E-state index is 1.11. The van der Waals surface area contributed by atoms with Gasteiger partial charge in [0.15, 0.2) is 0 Å². The highest BCUT2D eigenvalue weighted by atomic mass is 15.0. The van der Waals surface area contributed by atoms with Crippen LogP contribution in [0.15, 0.2) is 231 Å². The summed E-state index contributed by atoms with van der Waals surface area (Å²) in [6.45, 7) is 0. The molecule has 0 radical (unpaired) electrons. The van der Waals surface area contributed by atoms with Crippen LogP contribution in [0.1, 0.15) is 0 Å². The van der Waals surface area contributed by atoms with Gasteiger partial charge < -0.3 is 18.3 Å². The lowest BCUT2D eigenvalue weighted by atomic mass is 10.0. The van der Waals surface area contributed by atoms with Crippen LogP contribution in [0.4, 0.5) is 0 Å². The number of rotatable bonds is 5. The second-order valence-corrected chi connectivity index (χ2v) is 16.9. The maximum atomic E-state index is 2.48. The van der Waals surface area contributed by atoms with Crippen molar-refractivity contribution in [1.29, 1.82) is 0 Å². The van der Waals surface area contributed by atoms with Crippen LogP contribution >= 0.6 is 0 Å². The van der Waals surface area contributed by atoms with Gasteiger partial charge in [-0.15, -0.1) is 0 Å². The highest BCUT2D eigenvalue weighted by Gasteiger charge is 2.22. The van der Waals surface area contributed by atoms with Gasteiger partial charge in [0.2, 0.25) is 0 Å². The molecule has 0 fully saturated rings. The first-order valence-corrected chi connectivity index (χ1v) is 22.0. The van der Waals surface area contributed by atoms with E-state index in [9.17, 15) is 0 Å². The Labute approximate surface area is 368 Å². The Morgan fingerprint density at radius 2 is 0.594 bits per heavy atom. The highest BCUT2D eigenvalue weighted by Crippen LogP contribution is 2.42. The molecule has 0 aliphatic carbocycles. The number of nitrogens with zero attached hydrogens (tertiary/aromatic N) is 4. The smallest absolute Gasteiger partial charge is 0.0562 e. The predicted octanol–water partition coefficient (Wildman–Crippen LogP) is 15.7. The fourth-order valence-electron chi connectivity index (χ4n) is 10.9. The molecule has 0 saturated heterocycles. The van der Waals surface area contributed by atoms with E-state index in [2.05, 4.69) is 249 Å². The van der Waals surface area contributed by atoms with Crippen LogP contribution in [-0.2, 0) is 0 Å². The average molecular weight is 815 g/mol. The normalized spacial score (nSPS) is 12.1. The van der Waals surface area contributed by atoms with Gasteiger partial charge in [-0.1, -0.05) is 146 Å². The molecule has 0 amide bonds. The summed E-state index contributed by atoms with van der Waals surface area (Å²) in [5.41, 5.74) is 16.4. The summed E-state index contributed by atoms with van der Waals surface area (Å²) in [7, 11) is 0. The number of hydrogen-bond acceptors (Lipinski definition) is 0. The van der Waals surface area contributed by atoms with Crippen LogP contribution in [0.3, 0.4) is 0 Å². The maximum absolute atomic E-state index is 2.48. The van der Waals surface area contributed by atoms with E-state index in [-0.39, 0.29) is 0 Å². The van der Waals surface area contributed by atoms with Crippen molar-refractivity contribution in [2.45, 2.75) is 0 Å². The summed E-state index contributed by atoms with van der Waals surface area (Å²) in [5, 5.41) is 9.92. The van der Waals surface area contributed by atoms with E-state index in [1.807, 2.05) is 0 Å². The zero-order valence-corrected chi connectivity index (χ0v) is 34.7. The summed E-state index contributed by atoms with van der Waals surface area (Å²) >= 11 is 0. The lowest BCUT2D eigenvalue weighted by Gasteiger charge is -2.16. The molecule has 0 aliphatic heterocycles. The summed E-state index contributed by atoms with van der Waals surface area (Å²) in [4.78, 5) is 0. The monoisotopic (exact) mass is 814 g/mol. The Morgan fingerprint density at radius 3 is 1.14 bits per heavy atom. The fraction of sp³-hybridized carbons (Fsp3) is 0. The van der Waals surface area contributed by atoms with Crippen molar-refractivity contribution in [3.8, 4) is 33.9 Å². The van der Waals surface area contributed by atoms with Gasteiger partial charge in [0, 0.05) is 60.2 Å². The SMILES string of the molecule is c1ccc(-c2cc(-n3c4ccccc4c4cc(-n5c6ccccc6c6ccccc65)ccc43)cc(-n3c4ccccc4c4c(-n5c6ccccc6c6ccccc65)cccc43)c2)cc1. The van der Waals surface area contributed by atoms with Gasteiger partial charge in [-0.3, -0.25) is 0 Å². The number of benzene rings is 10. The quantitative estimate of drug-likeness (QED) is 0.165. The molecule has 0 saturated carbocycles.